The normalized spacial score (nSPS) is 19.4. The van der Waals surface area contributed by atoms with Crippen molar-refractivity contribution in [3.05, 3.63) is 94.6 Å². The molecule has 0 aromatic heterocycles. The first kappa shape index (κ1) is 14.0. The molecule has 2 aromatic rings. The van der Waals surface area contributed by atoms with Crippen LogP contribution in [0.1, 0.15) is 49.1 Å². The van der Waals surface area contributed by atoms with Crippen molar-refractivity contribution in [3.63, 3.8) is 0 Å². The smallest absolute Gasteiger partial charge is 0.0358 e. The van der Waals surface area contributed by atoms with Gasteiger partial charge in [0.15, 0.2) is 0 Å². The van der Waals surface area contributed by atoms with Gasteiger partial charge in [0, 0.05) is 5.92 Å². The van der Waals surface area contributed by atoms with Gasteiger partial charge in [-0.1, -0.05) is 78.8 Å². The molecule has 0 spiro atoms. The van der Waals surface area contributed by atoms with Gasteiger partial charge in [-0.05, 0) is 59.1 Å². The van der Waals surface area contributed by atoms with Crippen molar-refractivity contribution in [1.82, 2.24) is 0 Å². The van der Waals surface area contributed by atoms with Gasteiger partial charge in [-0.2, -0.15) is 0 Å². The fourth-order valence-corrected chi connectivity index (χ4v) is 4.75. The average molecular weight is 310 g/mol. The summed E-state index contributed by atoms with van der Waals surface area (Å²) >= 11 is 0. The van der Waals surface area contributed by atoms with E-state index in [1.165, 1.54) is 65.5 Å². The van der Waals surface area contributed by atoms with Gasteiger partial charge < -0.3 is 0 Å². The summed E-state index contributed by atoms with van der Waals surface area (Å²) in [6.07, 6.45) is 13.7. The Balaban J connectivity index is 1.67. The fraction of sp³-hybridized carbons (Fsp3) is 0.250. The van der Waals surface area contributed by atoms with Crippen molar-refractivity contribution in [3.8, 4) is 11.1 Å². The number of allylic oxidation sites excluding steroid dienone is 6. The van der Waals surface area contributed by atoms with Crippen LogP contribution in [-0.2, 0) is 0 Å². The van der Waals surface area contributed by atoms with E-state index in [1.54, 1.807) is 5.57 Å². The third kappa shape index (κ3) is 2.06. The van der Waals surface area contributed by atoms with Crippen LogP contribution in [-0.4, -0.2) is 0 Å². The average Bonchev–Trinajstić information content (AvgIpc) is 3.24. The SMILES string of the molecule is C1=CC(=C2CCCCC2)C(C2c3ccccc3-c3ccccc32)=C1. The summed E-state index contributed by atoms with van der Waals surface area (Å²) in [5.74, 6) is 0.400. The first-order chi connectivity index (χ1) is 11.9. The Morgan fingerprint density at radius 2 is 1.33 bits per heavy atom. The van der Waals surface area contributed by atoms with Crippen molar-refractivity contribution in [2.75, 3.05) is 0 Å². The number of hydrogen-bond donors (Lipinski definition) is 0. The predicted octanol–water partition coefficient (Wildman–Crippen LogP) is 6.56. The first-order valence-electron chi connectivity index (χ1n) is 9.22. The highest BCUT2D eigenvalue weighted by Crippen LogP contribution is 2.51. The molecule has 1 saturated carbocycles. The van der Waals surface area contributed by atoms with E-state index >= 15 is 0 Å². The molecule has 0 nitrogen and oxygen atoms in total. The maximum Gasteiger partial charge on any atom is 0.0358 e. The Bertz CT molecular complexity index is 838. The second-order valence-electron chi connectivity index (χ2n) is 7.17. The van der Waals surface area contributed by atoms with Gasteiger partial charge in [-0.25, -0.2) is 0 Å². The van der Waals surface area contributed by atoms with Crippen LogP contribution in [0, 0.1) is 0 Å². The van der Waals surface area contributed by atoms with Crippen molar-refractivity contribution < 1.29 is 0 Å². The van der Waals surface area contributed by atoms with Crippen LogP contribution in [0.4, 0.5) is 0 Å². The van der Waals surface area contributed by atoms with Crippen LogP contribution in [0.25, 0.3) is 11.1 Å². The molecule has 0 bridgehead atoms. The lowest BCUT2D eigenvalue weighted by Crippen LogP contribution is -2.05. The topological polar surface area (TPSA) is 0 Å². The van der Waals surface area contributed by atoms with Crippen LogP contribution in [0.3, 0.4) is 0 Å². The molecule has 24 heavy (non-hydrogen) atoms. The van der Waals surface area contributed by atoms with Crippen molar-refractivity contribution >= 4 is 0 Å². The van der Waals surface area contributed by atoms with E-state index < -0.39 is 0 Å². The highest BCUT2D eigenvalue weighted by Gasteiger charge is 2.33. The number of rotatable bonds is 1. The molecule has 3 aliphatic rings. The molecule has 0 heteroatoms. The largest absolute Gasteiger partial charge is 0.0627 e. The van der Waals surface area contributed by atoms with E-state index in [0.717, 1.165) is 0 Å². The Labute approximate surface area is 144 Å². The van der Waals surface area contributed by atoms with Crippen LogP contribution >= 0.6 is 0 Å². The molecule has 0 unspecified atom stereocenters. The Kier molecular flexibility index (Phi) is 3.29. The minimum absolute atomic E-state index is 0.400. The Hall–Kier alpha value is -2.34. The van der Waals surface area contributed by atoms with Crippen LogP contribution < -0.4 is 0 Å². The second kappa shape index (κ2) is 5.63. The van der Waals surface area contributed by atoms with Gasteiger partial charge in [0.1, 0.15) is 0 Å². The standard InChI is InChI=1S/C24H22/c1-2-9-17(10-3-1)18-15-8-16-21(18)24-22-13-6-4-11-19(22)20-12-5-7-14-23(20)24/h4-8,11-16,24H,1-3,9-10H2. The van der Waals surface area contributed by atoms with E-state index in [1.807, 2.05) is 0 Å². The molecule has 1 fully saturated rings. The van der Waals surface area contributed by atoms with Crippen LogP contribution in [0.15, 0.2) is 83.5 Å². The van der Waals surface area contributed by atoms with Crippen molar-refractivity contribution in [2.24, 2.45) is 0 Å². The zero-order valence-electron chi connectivity index (χ0n) is 14.0. The quantitative estimate of drug-likeness (QED) is 0.560. The fourth-order valence-electron chi connectivity index (χ4n) is 4.75. The Morgan fingerprint density at radius 1 is 0.708 bits per heavy atom. The van der Waals surface area contributed by atoms with E-state index in [0.29, 0.717) is 5.92 Å². The summed E-state index contributed by atoms with van der Waals surface area (Å²) < 4.78 is 0. The van der Waals surface area contributed by atoms with Gasteiger partial charge in [0.25, 0.3) is 0 Å². The minimum Gasteiger partial charge on any atom is -0.0627 e. The van der Waals surface area contributed by atoms with Crippen LogP contribution in [0.2, 0.25) is 0 Å². The van der Waals surface area contributed by atoms with Crippen molar-refractivity contribution in [2.45, 2.75) is 38.0 Å². The van der Waals surface area contributed by atoms with Gasteiger partial charge >= 0.3 is 0 Å². The van der Waals surface area contributed by atoms with E-state index in [2.05, 4.69) is 66.8 Å². The molecule has 0 radical (unpaired) electrons. The molecule has 0 aliphatic heterocycles. The van der Waals surface area contributed by atoms with Crippen molar-refractivity contribution in [1.29, 1.82) is 0 Å². The highest BCUT2D eigenvalue weighted by atomic mass is 14.4. The summed E-state index contributed by atoms with van der Waals surface area (Å²) in [7, 11) is 0. The molecule has 0 atom stereocenters. The molecule has 118 valence electrons. The summed E-state index contributed by atoms with van der Waals surface area (Å²) in [4.78, 5) is 0. The lowest BCUT2D eigenvalue weighted by Gasteiger charge is -2.22. The molecular weight excluding hydrogens is 288 g/mol. The highest BCUT2D eigenvalue weighted by molar-refractivity contribution is 5.82. The zero-order chi connectivity index (χ0) is 15.9. The third-order valence-electron chi connectivity index (χ3n) is 5.83. The van der Waals surface area contributed by atoms with Crippen LogP contribution in [0.5, 0.6) is 0 Å². The first-order valence-corrected chi connectivity index (χ1v) is 9.22. The lowest BCUT2D eigenvalue weighted by molar-refractivity contribution is 0.595. The maximum absolute atomic E-state index is 2.36. The predicted molar refractivity (Wildman–Crippen MR) is 101 cm³/mol. The zero-order valence-corrected chi connectivity index (χ0v) is 14.0. The summed E-state index contributed by atoms with van der Waals surface area (Å²) in [5.41, 5.74) is 10.5. The van der Waals surface area contributed by atoms with Gasteiger partial charge in [-0.15, -0.1) is 0 Å². The van der Waals surface area contributed by atoms with Gasteiger partial charge in [0.05, 0.1) is 0 Å². The molecular formula is C24H22. The summed E-state index contributed by atoms with van der Waals surface area (Å²) in [5, 5.41) is 0. The lowest BCUT2D eigenvalue weighted by atomic mass is 9.81. The van der Waals surface area contributed by atoms with E-state index in [-0.39, 0.29) is 0 Å². The number of hydrogen-bond acceptors (Lipinski definition) is 0. The molecule has 0 N–H and O–H groups in total. The third-order valence-corrected chi connectivity index (χ3v) is 5.83. The van der Waals surface area contributed by atoms with E-state index in [9.17, 15) is 0 Å². The summed E-state index contributed by atoms with van der Waals surface area (Å²) in [6.45, 7) is 0. The van der Waals surface area contributed by atoms with Gasteiger partial charge in [0.2, 0.25) is 0 Å². The monoisotopic (exact) mass is 310 g/mol. The number of benzene rings is 2. The molecule has 0 amide bonds. The second-order valence-corrected chi connectivity index (χ2v) is 7.17. The minimum atomic E-state index is 0.400. The number of fused-ring (bicyclic) bond motifs is 3. The maximum atomic E-state index is 2.36. The molecule has 5 rings (SSSR count). The molecule has 2 aromatic carbocycles. The van der Waals surface area contributed by atoms with E-state index in [4.69, 9.17) is 0 Å². The molecule has 3 aliphatic carbocycles. The van der Waals surface area contributed by atoms with Gasteiger partial charge in [-0.3, -0.25) is 0 Å². The molecule has 0 saturated heterocycles. The summed E-state index contributed by atoms with van der Waals surface area (Å²) in [6, 6.07) is 17.9. The Morgan fingerprint density at radius 3 is 2.00 bits per heavy atom. The molecule has 0 heterocycles.